The SMILES string of the molecule is COC(=O)CN1CCC(COc2ccccc2Br)CC1. The molecular weight excluding hydrogens is 322 g/mol. The monoisotopic (exact) mass is 341 g/mol. The van der Waals surface area contributed by atoms with Crippen LogP contribution in [0.4, 0.5) is 0 Å². The number of hydrogen-bond acceptors (Lipinski definition) is 4. The summed E-state index contributed by atoms with van der Waals surface area (Å²) >= 11 is 3.48. The van der Waals surface area contributed by atoms with Crippen LogP contribution in [-0.4, -0.2) is 44.2 Å². The van der Waals surface area contributed by atoms with Gasteiger partial charge in [0.15, 0.2) is 0 Å². The molecule has 4 nitrogen and oxygen atoms in total. The van der Waals surface area contributed by atoms with E-state index in [-0.39, 0.29) is 5.97 Å². The highest BCUT2D eigenvalue weighted by atomic mass is 79.9. The van der Waals surface area contributed by atoms with Crippen LogP contribution in [0.2, 0.25) is 0 Å². The smallest absolute Gasteiger partial charge is 0.319 e. The average molecular weight is 342 g/mol. The lowest BCUT2D eigenvalue weighted by Crippen LogP contribution is -2.39. The molecule has 0 aliphatic carbocycles. The van der Waals surface area contributed by atoms with Crippen molar-refractivity contribution in [3.05, 3.63) is 28.7 Å². The fourth-order valence-corrected chi connectivity index (χ4v) is 2.73. The lowest BCUT2D eigenvalue weighted by Gasteiger charge is -2.30. The van der Waals surface area contributed by atoms with Gasteiger partial charge in [0.1, 0.15) is 5.75 Å². The van der Waals surface area contributed by atoms with Crippen molar-refractivity contribution in [3.63, 3.8) is 0 Å². The minimum absolute atomic E-state index is 0.159. The van der Waals surface area contributed by atoms with Crippen molar-refractivity contribution >= 4 is 21.9 Å². The highest BCUT2D eigenvalue weighted by Gasteiger charge is 2.21. The molecule has 20 heavy (non-hydrogen) atoms. The van der Waals surface area contributed by atoms with Crippen LogP contribution in [0.1, 0.15) is 12.8 Å². The highest BCUT2D eigenvalue weighted by Crippen LogP contribution is 2.25. The van der Waals surface area contributed by atoms with E-state index in [4.69, 9.17) is 4.74 Å². The molecule has 110 valence electrons. The van der Waals surface area contributed by atoms with E-state index < -0.39 is 0 Å². The van der Waals surface area contributed by atoms with Crippen molar-refractivity contribution < 1.29 is 14.3 Å². The number of carbonyl (C=O) groups is 1. The molecule has 0 radical (unpaired) electrons. The van der Waals surface area contributed by atoms with Gasteiger partial charge in [-0.3, -0.25) is 9.69 Å². The molecule has 5 heteroatoms. The summed E-state index contributed by atoms with van der Waals surface area (Å²) < 4.78 is 11.5. The van der Waals surface area contributed by atoms with Crippen LogP contribution in [0, 0.1) is 5.92 Å². The molecule has 0 N–H and O–H groups in total. The first-order chi connectivity index (χ1) is 9.69. The van der Waals surface area contributed by atoms with E-state index >= 15 is 0 Å². The van der Waals surface area contributed by atoms with E-state index in [2.05, 4.69) is 25.6 Å². The fraction of sp³-hybridized carbons (Fsp3) is 0.533. The number of halogens is 1. The summed E-state index contributed by atoms with van der Waals surface area (Å²) in [7, 11) is 1.43. The Morgan fingerprint density at radius 1 is 1.35 bits per heavy atom. The van der Waals surface area contributed by atoms with Crippen LogP contribution < -0.4 is 4.74 Å². The zero-order valence-corrected chi connectivity index (χ0v) is 13.3. The van der Waals surface area contributed by atoms with Crippen molar-refractivity contribution in [2.45, 2.75) is 12.8 Å². The van der Waals surface area contributed by atoms with Gasteiger partial charge in [0, 0.05) is 0 Å². The standard InChI is InChI=1S/C15H20BrNO3/c1-19-15(18)10-17-8-6-12(7-9-17)11-20-14-5-3-2-4-13(14)16/h2-5,12H,6-11H2,1H3. The van der Waals surface area contributed by atoms with Crippen LogP contribution in [0.5, 0.6) is 5.75 Å². The van der Waals surface area contributed by atoms with Gasteiger partial charge in [0.05, 0.1) is 24.7 Å². The molecule has 1 fully saturated rings. The van der Waals surface area contributed by atoms with Crippen molar-refractivity contribution in [1.29, 1.82) is 0 Å². The Morgan fingerprint density at radius 2 is 2.05 bits per heavy atom. The number of hydrogen-bond donors (Lipinski definition) is 0. The molecule has 1 aliphatic rings. The van der Waals surface area contributed by atoms with Crippen molar-refractivity contribution in [2.75, 3.05) is 33.4 Å². The first-order valence-corrected chi connectivity index (χ1v) is 7.65. The molecule has 1 aliphatic heterocycles. The van der Waals surface area contributed by atoms with Crippen molar-refractivity contribution in [1.82, 2.24) is 4.90 Å². The van der Waals surface area contributed by atoms with E-state index in [0.29, 0.717) is 12.5 Å². The van der Waals surface area contributed by atoms with Crippen LogP contribution in [0.25, 0.3) is 0 Å². The third-order valence-corrected chi connectivity index (χ3v) is 4.25. The molecule has 1 aromatic carbocycles. The number of para-hydroxylation sites is 1. The van der Waals surface area contributed by atoms with Crippen molar-refractivity contribution in [3.8, 4) is 5.75 Å². The number of rotatable bonds is 5. The normalized spacial score (nSPS) is 16.9. The van der Waals surface area contributed by atoms with Gasteiger partial charge in [0.2, 0.25) is 0 Å². The summed E-state index contributed by atoms with van der Waals surface area (Å²) in [5.41, 5.74) is 0. The minimum atomic E-state index is -0.159. The summed E-state index contributed by atoms with van der Waals surface area (Å²) in [4.78, 5) is 13.4. The maximum absolute atomic E-state index is 11.2. The van der Waals surface area contributed by atoms with Crippen molar-refractivity contribution in [2.24, 2.45) is 5.92 Å². The molecule has 0 unspecified atom stereocenters. The summed E-state index contributed by atoms with van der Waals surface area (Å²) in [6.45, 7) is 2.99. The summed E-state index contributed by atoms with van der Waals surface area (Å²) in [6.07, 6.45) is 2.11. The Balaban J connectivity index is 1.72. The minimum Gasteiger partial charge on any atom is -0.492 e. The summed E-state index contributed by atoms with van der Waals surface area (Å²) in [5.74, 6) is 1.29. The van der Waals surface area contributed by atoms with E-state index in [1.54, 1.807) is 0 Å². The Kier molecular flexibility index (Phi) is 5.86. The van der Waals surface area contributed by atoms with Gasteiger partial charge in [-0.25, -0.2) is 0 Å². The molecule has 0 aromatic heterocycles. The van der Waals surface area contributed by atoms with Crippen LogP contribution in [-0.2, 0) is 9.53 Å². The first-order valence-electron chi connectivity index (χ1n) is 6.85. The first kappa shape index (κ1) is 15.3. The molecule has 1 aromatic rings. The third kappa shape index (κ3) is 4.49. The topological polar surface area (TPSA) is 38.8 Å². The number of ether oxygens (including phenoxy) is 2. The molecule has 1 saturated heterocycles. The fourth-order valence-electron chi connectivity index (χ4n) is 2.33. The second-order valence-electron chi connectivity index (χ2n) is 5.04. The van der Waals surface area contributed by atoms with Gasteiger partial charge < -0.3 is 9.47 Å². The lowest BCUT2D eigenvalue weighted by atomic mass is 9.98. The average Bonchev–Trinajstić information content (AvgIpc) is 2.48. The van der Waals surface area contributed by atoms with Gasteiger partial charge in [-0.05, 0) is 59.9 Å². The molecule has 0 bridgehead atoms. The third-order valence-electron chi connectivity index (χ3n) is 3.60. The van der Waals surface area contributed by atoms with Crippen LogP contribution in [0.15, 0.2) is 28.7 Å². The van der Waals surface area contributed by atoms with Gasteiger partial charge in [-0.1, -0.05) is 12.1 Å². The lowest BCUT2D eigenvalue weighted by molar-refractivity contribution is -0.142. The van der Waals surface area contributed by atoms with Crippen LogP contribution >= 0.6 is 15.9 Å². The number of methoxy groups -OCH3 is 1. The van der Waals surface area contributed by atoms with E-state index in [0.717, 1.165) is 42.8 Å². The van der Waals surface area contributed by atoms with E-state index in [1.807, 2.05) is 24.3 Å². The molecule has 0 saturated carbocycles. The molecular formula is C15H20BrNO3. The van der Waals surface area contributed by atoms with Gasteiger partial charge in [-0.2, -0.15) is 0 Å². The number of esters is 1. The maximum atomic E-state index is 11.2. The second-order valence-corrected chi connectivity index (χ2v) is 5.89. The van der Waals surface area contributed by atoms with E-state index in [9.17, 15) is 4.79 Å². The summed E-state index contributed by atoms with van der Waals surface area (Å²) in [5, 5.41) is 0. The molecule has 1 heterocycles. The zero-order valence-electron chi connectivity index (χ0n) is 11.7. The largest absolute Gasteiger partial charge is 0.492 e. The maximum Gasteiger partial charge on any atom is 0.319 e. The van der Waals surface area contributed by atoms with E-state index in [1.165, 1.54) is 7.11 Å². The zero-order chi connectivity index (χ0) is 14.4. The van der Waals surface area contributed by atoms with Crippen LogP contribution in [0.3, 0.4) is 0 Å². The Hall–Kier alpha value is -1.07. The second kappa shape index (κ2) is 7.64. The Bertz CT molecular complexity index is 444. The summed E-state index contributed by atoms with van der Waals surface area (Å²) in [6, 6.07) is 7.89. The van der Waals surface area contributed by atoms with Gasteiger partial charge >= 0.3 is 5.97 Å². The Morgan fingerprint density at radius 3 is 2.70 bits per heavy atom. The molecule has 2 rings (SSSR count). The molecule has 0 atom stereocenters. The van der Waals surface area contributed by atoms with Gasteiger partial charge in [0.25, 0.3) is 0 Å². The molecule has 0 spiro atoms. The number of piperidine rings is 1. The highest BCUT2D eigenvalue weighted by molar-refractivity contribution is 9.10. The number of carbonyl (C=O) groups excluding carboxylic acids is 1. The predicted octanol–water partition coefficient (Wildman–Crippen LogP) is 2.71. The predicted molar refractivity (Wildman–Crippen MR) is 80.8 cm³/mol. The Labute approximate surface area is 128 Å². The van der Waals surface area contributed by atoms with Gasteiger partial charge in [-0.15, -0.1) is 0 Å². The quantitative estimate of drug-likeness (QED) is 0.772. The number of benzene rings is 1. The number of nitrogens with zero attached hydrogens (tertiary/aromatic N) is 1. The number of likely N-dealkylation sites (tertiary alicyclic amines) is 1. The molecule has 0 amide bonds.